The number of hydrogen-bond donors (Lipinski definition) is 1. The summed E-state index contributed by atoms with van der Waals surface area (Å²) in [6.07, 6.45) is 3.39. The fourth-order valence-corrected chi connectivity index (χ4v) is 3.72. The van der Waals surface area contributed by atoms with Gasteiger partial charge in [-0.25, -0.2) is 4.98 Å². The number of amides is 1. The Hall–Kier alpha value is -4.10. The molecule has 8 heteroatoms. The number of benzene rings is 2. The molecule has 0 saturated heterocycles. The molecule has 2 aromatic heterocycles. The number of rotatable bonds is 8. The van der Waals surface area contributed by atoms with Gasteiger partial charge in [-0.05, 0) is 54.1 Å². The average molecular weight is 492 g/mol. The van der Waals surface area contributed by atoms with Crippen LogP contribution in [-0.4, -0.2) is 37.2 Å². The quantitative estimate of drug-likeness (QED) is 0.369. The Balaban J connectivity index is 0.00000342. The van der Waals surface area contributed by atoms with E-state index in [-0.39, 0.29) is 18.3 Å². The van der Waals surface area contributed by atoms with E-state index in [0.29, 0.717) is 28.6 Å². The Kier molecular flexibility index (Phi) is 8.64. The van der Waals surface area contributed by atoms with Crippen LogP contribution >= 0.6 is 12.4 Å². The maximum Gasteiger partial charge on any atom is 0.270 e. The summed E-state index contributed by atoms with van der Waals surface area (Å²) in [5.74, 6) is 1.58. The van der Waals surface area contributed by atoms with Crippen LogP contribution in [0, 0.1) is 0 Å². The molecule has 4 rings (SSSR count). The summed E-state index contributed by atoms with van der Waals surface area (Å²) in [6.45, 7) is 0. The van der Waals surface area contributed by atoms with E-state index in [9.17, 15) is 4.79 Å². The maximum atomic E-state index is 13.3. The SMILES string of the molecule is COc1ccc(-c2cccc(C(=O)NC(c3ccncc3)c3ccccc3OC)n2)cc1OC.Cl. The molecule has 0 saturated carbocycles. The van der Waals surface area contributed by atoms with Crippen LogP contribution in [0.25, 0.3) is 11.3 Å². The summed E-state index contributed by atoms with van der Waals surface area (Å²) in [7, 11) is 4.77. The third kappa shape index (κ3) is 5.70. The standard InChI is InChI=1S/C27H25N3O4.ClH/c1-32-23-10-5-4-7-20(23)26(18-13-15-28-16-14-18)30-27(31)22-9-6-8-21(29-22)19-11-12-24(33-2)25(17-19)34-3;/h4-17,26H,1-3H3,(H,30,31);1H. The van der Waals surface area contributed by atoms with E-state index in [1.165, 1.54) is 0 Å². The van der Waals surface area contributed by atoms with Crippen molar-refractivity contribution in [3.63, 3.8) is 0 Å². The number of ether oxygens (including phenoxy) is 3. The summed E-state index contributed by atoms with van der Waals surface area (Å²) < 4.78 is 16.3. The highest BCUT2D eigenvalue weighted by Crippen LogP contribution is 2.32. The Labute approximate surface area is 210 Å². The largest absolute Gasteiger partial charge is 0.496 e. The minimum absolute atomic E-state index is 0. The topological polar surface area (TPSA) is 82.6 Å². The van der Waals surface area contributed by atoms with Crippen LogP contribution in [0.15, 0.2) is 85.2 Å². The number of aromatic nitrogens is 2. The zero-order valence-electron chi connectivity index (χ0n) is 19.6. The van der Waals surface area contributed by atoms with Gasteiger partial charge in [0.1, 0.15) is 11.4 Å². The molecule has 1 unspecified atom stereocenters. The van der Waals surface area contributed by atoms with Gasteiger partial charge in [0, 0.05) is 23.5 Å². The smallest absolute Gasteiger partial charge is 0.270 e. The number of carbonyl (C=O) groups excluding carboxylic acids is 1. The van der Waals surface area contributed by atoms with Gasteiger partial charge in [-0.15, -0.1) is 12.4 Å². The normalized spacial score (nSPS) is 11.1. The third-order valence-electron chi connectivity index (χ3n) is 5.43. The summed E-state index contributed by atoms with van der Waals surface area (Å²) in [5, 5.41) is 3.11. The van der Waals surface area contributed by atoms with Gasteiger partial charge >= 0.3 is 0 Å². The Morgan fingerprint density at radius 3 is 2.23 bits per heavy atom. The molecule has 1 N–H and O–H groups in total. The van der Waals surface area contributed by atoms with Gasteiger partial charge in [0.15, 0.2) is 11.5 Å². The van der Waals surface area contributed by atoms with Crippen LogP contribution in [0.4, 0.5) is 0 Å². The maximum absolute atomic E-state index is 13.3. The molecular formula is C27H26ClN3O4. The number of nitrogens with one attached hydrogen (secondary N) is 1. The van der Waals surface area contributed by atoms with Crippen molar-refractivity contribution in [3.8, 4) is 28.5 Å². The first kappa shape index (κ1) is 25.5. The molecule has 35 heavy (non-hydrogen) atoms. The van der Waals surface area contributed by atoms with Crippen LogP contribution in [0.2, 0.25) is 0 Å². The molecule has 0 radical (unpaired) electrons. The molecule has 2 aromatic carbocycles. The zero-order valence-corrected chi connectivity index (χ0v) is 20.4. The van der Waals surface area contributed by atoms with Gasteiger partial charge in [-0.1, -0.05) is 24.3 Å². The van der Waals surface area contributed by atoms with E-state index >= 15 is 0 Å². The first-order valence-electron chi connectivity index (χ1n) is 10.7. The van der Waals surface area contributed by atoms with Gasteiger partial charge in [-0.2, -0.15) is 0 Å². The van der Waals surface area contributed by atoms with E-state index in [0.717, 1.165) is 16.7 Å². The summed E-state index contributed by atoms with van der Waals surface area (Å²) in [5.41, 5.74) is 3.46. The van der Waals surface area contributed by atoms with E-state index in [1.807, 2.05) is 60.7 Å². The molecule has 0 fully saturated rings. The van der Waals surface area contributed by atoms with Crippen LogP contribution in [0.5, 0.6) is 17.2 Å². The van der Waals surface area contributed by atoms with Gasteiger partial charge in [0.05, 0.1) is 33.1 Å². The minimum Gasteiger partial charge on any atom is -0.496 e. The molecule has 0 spiro atoms. The number of pyridine rings is 2. The Morgan fingerprint density at radius 2 is 1.51 bits per heavy atom. The van der Waals surface area contributed by atoms with Crippen LogP contribution in [-0.2, 0) is 0 Å². The van der Waals surface area contributed by atoms with Gasteiger partial charge in [-0.3, -0.25) is 9.78 Å². The lowest BCUT2D eigenvalue weighted by molar-refractivity contribution is 0.0937. The number of nitrogens with zero attached hydrogens (tertiary/aromatic N) is 2. The molecule has 0 aliphatic rings. The summed E-state index contributed by atoms with van der Waals surface area (Å²) in [4.78, 5) is 22.0. The summed E-state index contributed by atoms with van der Waals surface area (Å²) >= 11 is 0. The molecule has 0 aliphatic heterocycles. The Bertz CT molecular complexity index is 1280. The van der Waals surface area contributed by atoms with Crippen LogP contribution in [0.1, 0.15) is 27.7 Å². The molecule has 180 valence electrons. The van der Waals surface area contributed by atoms with Gasteiger partial charge in [0.25, 0.3) is 5.91 Å². The Morgan fingerprint density at radius 1 is 0.800 bits per heavy atom. The van der Waals surface area contributed by atoms with Crippen molar-refractivity contribution in [2.45, 2.75) is 6.04 Å². The van der Waals surface area contributed by atoms with E-state index < -0.39 is 6.04 Å². The number of carbonyl (C=O) groups is 1. The molecule has 0 aliphatic carbocycles. The lowest BCUT2D eigenvalue weighted by Crippen LogP contribution is -2.30. The molecule has 7 nitrogen and oxygen atoms in total. The predicted molar refractivity (Wildman–Crippen MR) is 137 cm³/mol. The van der Waals surface area contributed by atoms with Crippen LogP contribution < -0.4 is 19.5 Å². The van der Waals surface area contributed by atoms with Gasteiger partial charge < -0.3 is 19.5 Å². The highest BCUT2D eigenvalue weighted by Gasteiger charge is 2.22. The number of methoxy groups -OCH3 is 3. The first-order chi connectivity index (χ1) is 16.6. The van der Waals surface area contributed by atoms with Crippen molar-refractivity contribution < 1.29 is 19.0 Å². The highest BCUT2D eigenvalue weighted by molar-refractivity contribution is 5.93. The van der Waals surface area contributed by atoms with Crippen molar-refractivity contribution in [1.82, 2.24) is 15.3 Å². The summed E-state index contributed by atoms with van der Waals surface area (Å²) in [6, 6.07) is 21.7. The first-order valence-corrected chi connectivity index (χ1v) is 10.7. The van der Waals surface area contributed by atoms with E-state index in [1.54, 1.807) is 45.9 Å². The molecule has 1 atom stereocenters. The third-order valence-corrected chi connectivity index (χ3v) is 5.43. The van der Waals surface area contributed by atoms with Crippen molar-refractivity contribution in [3.05, 3.63) is 102 Å². The number of halogens is 1. The van der Waals surface area contributed by atoms with Crippen molar-refractivity contribution >= 4 is 18.3 Å². The molecule has 0 bridgehead atoms. The fourth-order valence-electron chi connectivity index (χ4n) is 3.72. The zero-order chi connectivity index (χ0) is 23.9. The van der Waals surface area contributed by atoms with Gasteiger partial charge in [0.2, 0.25) is 0 Å². The molecule has 4 aromatic rings. The second kappa shape index (κ2) is 11.9. The monoisotopic (exact) mass is 491 g/mol. The van der Waals surface area contributed by atoms with Crippen LogP contribution in [0.3, 0.4) is 0 Å². The predicted octanol–water partition coefficient (Wildman–Crippen LogP) is 5.11. The van der Waals surface area contributed by atoms with E-state index in [2.05, 4.69) is 15.3 Å². The lowest BCUT2D eigenvalue weighted by Gasteiger charge is -2.21. The second-order valence-corrected chi connectivity index (χ2v) is 7.41. The highest BCUT2D eigenvalue weighted by atomic mass is 35.5. The van der Waals surface area contributed by atoms with Crippen molar-refractivity contribution in [2.24, 2.45) is 0 Å². The average Bonchev–Trinajstić information content (AvgIpc) is 2.91. The number of para-hydroxylation sites is 1. The fraction of sp³-hybridized carbons (Fsp3) is 0.148. The van der Waals surface area contributed by atoms with E-state index in [4.69, 9.17) is 14.2 Å². The minimum atomic E-state index is -0.446. The molecule has 2 heterocycles. The number of hydrogen-bond acceptors (Lipinski definition) is 6. The lowest BCUT2D eigenvalue weighted by atomic mass is 9.98. The van der Waals surface area contributed by atoms with Crippen molar-refractivity contribution in [1.29, 1.82) is 0 Å². The second-order valence-electron chi connectivity index (χ2n) is 7.41. The molecular weight excluding hydrogens is 466 g/mol. The molecule has 1 amide bonds. The van der Waals surface area contributed by atoms with Crippen molar-refractivity contribution in [2.75, 3.05) is 21.3 Å².